The Labute approximate surface area is 143 Å². The second-order valence-electron chi connectivity index (χ2n) is 4.61. The molecule has 0 saturated carbocycles. The van der Waals surface area contributed by atoms with E-state index in [4.69, 9.17) is 9.15 Å². The maximum atomic E-state index is 5.59. The summed E-state index contributed by atoms with van der Waals surface area (Å²) in [6.07, 6.45) is 5.30. The van der Waals surface area contributed by atoms with E-state index in [0.29, 0.717) is 0 Å². The van der Waals surface area contributed by atoms with Crippen molar-refractivity contribution in [3.63, 3.8) is 0 Å². The summed E-state index contributed by atoms with van der Waals surface area (Å²) in [5.74, 6) is 3.25. The molecule has 23 heavy (non-hydrogen) atoms. The number of hydrogen-bond acceptors (Lipinski definition) is 6. The Kier molecular flexibility index (Phi) is 5.60. The Morgan fingerprint density at radius 3 is 2.70 bits per heavy atom. The van der Waals surface area contributed by atoms with Crippen molar-refractivity contribution in [2.24, 2.45) is 0 Å². The number of rotatable bonds is 7. The van der Waals surface area contributed by atoms with Crippen molar-refractivity contribution in [2.45, 2.75) is 21.4 Å². The normalized spacial score (nSPS) is 10.7. The zero-order chi connectivity index (χ0) is 15.9. The van der Waals surface area contributed by atoms with E-state index < -0.39 is 0 Å². The summed E-state index contributed by atoms with van der Waals surface area (Å²) in [7, 11) is 1.68. The molecule has 0 spiro atoms. The van der Waals surface area contributed by atoms with Crippen molar-refractivity contribution < 1.29 is 9.15 Å². The molecule has 3 aromatic heterocycles. The number of methoxy groups -OCH3 is 1. The minimum atomic E-state index is 0.718. The summed E-state index contributed by atoms with van der Waals surface area (Å²) in [6.45, 7) is 0. The van der Waals surface area contributed by atoms with E-state index >= 15 is 0 Å². The third-order valence-corrected chi connectivity index (χ3v) is 5.11. The van der Waals surface area contributed by atoms with Crippen LogP contribution in [0.2, 0.25) is 0 Å². The molecule has 3 heterocycles. The lowest BCUT2D eigenvalue weighted by atomic mass is 10.3. The highest BCUT2D eigenvalue weighted by molar-refractivity contribution is 7.99. The summed E-state index contributed by atoms with van der Waals surface area (Å²) >= 11 is 3.33. The molecule has 0 saturated heterocycles. The number of thioether (sulfide) groups is 2. The molecule has 118 valence electrons. The second kappa shape index (κ2) is 8.08. The number of hydrogen-bond donors (Lipinski definition) is 0. The van der Waals surface area contributed by atoms with Crippen LogP contribution < -0.4 is 4.74 Å². The topological polar surface area (TPSA) is 48.2 Å². The molecule has 0 aromatic carbocycles. The highest BCUT2D eigenvalue weighted by Crippen LogP contribution is 2.35. The minimum Gasteiger partial charge on any atom is -0.494 e. The van der Waals surface area contributed by atoms with Gasteiger partial charge in [-0.25, -0.2) is 4.98 Å². The van der Waals surface area contributed by atoms with Gasteiger partial charge in [0.2, 0.25) is 0 Å². The number of ether oxygens (including phenoxy) is 1. The Morgan fingerprint density at radius 1 is 1.00 bits per heavy atom. The van der Waals surface area contributed by atoms with Crippen LogP contribution in [0.15, 0.2) is 69.4 Å². The van der Waals surface area contributed by atoms with Crippen LogP contribution in [-0.4, -0.2) is 17.1 Å². The molecule has 4 nitrogen and oxygen atoms in total. The van der Waals surface area contributed by atoms with Gasteiger partial charge in [0.1, 0.15) is 5.76 Å². The van der Waals surface area contributed by atoms with Crippen molar-refractivity contribution in [1.82, 2.24) is 9.97 Å². The maximum Gasteiger partial charge on any atom is 0.154 e. The first-order valence-electron chi connectivity index (χ1n) is 7.07. The molecular formula is C17H16N2O2S2. The summed E-state index contributed by atoms with van der Waals surface area (Å²) in [5.41, 5.74) is 0.924. The van der Waals surface area contributed by atoms with Crippen LogP contribution in [0.1, 0.15) is 11.5 Å². The van der Waals surface area contributed by atoms with Crippen LogP contribution in [0.25, 0.3) is 0 Å². The van der Waals surface area contributed by atoms with Gasteiger partial charge in [0.25, 0.3) is 0 Å². The van der Waals surface area contributed by atoms with Gasteiger partial charge in [0, 0.05) is 18.1 Å². The van der Waals surface area contributed by atoms with Crippen LogP contribution in [0.4, 0.5) is 0 Å². The van der Waals surface area contributed by atoms with Crippen LogP contribution in [0.3, 0.4) is 0 Å². The quantitative estimate of drug-likeness (QED) is 0.581. The molecule has 0 fully saturated rings. The van der Waals surface area contributed by atoms with Crippen molar-refractivity contribution in [2.75, 3.05) is 7.11 Å². The van der Waals surface area contributed by atoms with Crippen molar-refractivity contribution in [1.29, 1.82) is 0 Å². The van der Waals surface area contributed by atoms with Gasteiger partial charge in [-0.2, -0.15) is 0 Å². The average molecular weight is 344 g/mol. The molecular weight excluding hydrogens is 328 g/mol. The van der Waals surface area contributed by atoms with Gasteiger partial charge < -0.3 is 9.15 Å². The molecule has 0 aliphatic carbocycles. The number of furan rings is 1. The monoisotopic (exact) mass is 344 g/mol. The fraction of sp³-hybridized carbons (Fsp3) is 0.176. The van der Waals surface area contributed by atoms with Gasteiger partial charge in [-0.05, 0) is 30.3 Å². The van der Waals surface area contributed by atoms with E-state index in [0.717, 1.165) is 38.6 Å². The van der Waals surface area contributed by atoms with Gasteiger partial charge in [0.05, 0.1) is 34.7 Å². The van der Waals surface area contributed by atoms with Gasteiger partial charge in [-0.1, -0.05) is 17.8 Å². The standard InChI is InChI=1S/C17H16N2O2S2/c1-20-17-14(12-23-16-6-2-3-8-19-16)18-9-7-15(17)22-11-13-5-4-10-21-13/h2-10H,11-12H2,1H3. The number of pyridine rings is 2. The Bertz CT molecular complexity index is 734. The predicted octanol–water partition coefficient (Wildman–Crippen LogP) is 4.66. The highest BCUT2D eigenvalue weighted by Gasteiger charge is 2.12. The summed E-state index contributed by atoms with van der Waals surface area (Å²) in [5, 5.41) is 0.977. The molecule has 0 aliphatic rings. The van der Waals surface area contributed by atoms with E-state index in [1.165, 1.54) is 0 Å². The summed E-state index contributed by atoms with van der Waals surface area (Å²) < 4.78 is 11.0. The predicted molar refractivity (Wildman–Crippen MR) is 92.9 cm³/mol. The van der Waals surface area contributed by atoms with Crippen molar-refractivity contribution in [3.8, 4) is 5.75 Å². The fourth-order valence-electron chi connectivity index (χ4n) is 2.02. The van der Waals surface area contributed by atoms with Crippen LogP contribution >= 0.6 is 23.5 Å². The molecule has 0 N–H and O–H groups in total. The Balaban J connectivity index is 1.71. The average Bonchev–Trinajstić information content (AvgIpc) is 3.12. The molecule has 6 heteroatoms. The van der Waals surface area contributed by atoms with E-state index in [2.05, 4.69) is 9.97 Å². The lowest BCUT2D eigenvalue weighted by Crippen LogP contribution is -1.96. The lowest BCUT2D eigenvalue weighted by molar-refractivity contribution is 0.398. The first kappa shape index (κ1) is 16.0. The van der Waals surface area contributed by atoms with Gasteiger partial charge in [-0.3, -0.25) is 4.98 Å². The first-order chi connectivity index (χ1) is 11.4. The third kappa shape index (κ3) is 4.30. The SMILES string of the molecule is COc1c(SCc2ccco2)ccnc1CSc1ccccn1. The maximum absolute atomic E-state index is 5.59. The van der Waals surface area contributed by atoms with E-state index in [1.54, 1.807) is 43.1 Å². The molecule has 0 amide bonds. The fourth-order valence-corrected chi connectivity index (χ4v) is 3.78. The summed E-state index contributed by atoms with van der Waals surface area (Å²) in [4.78, 5) is 9.84. The molecule has 0 unspecified atom stereocenters. The molecule has 0 aliphatic heterocycles. The Hall–Kier alpha value is -1.92. The van der Waals surface area contributed by atoms with E-state index in [1.807, 2.05) is 42.6 Å². The third-order valence-electron chi connectivity index (χ3n) is 3.09. The molecule has 3 rings (SSSR count). The molecule has 0 bridgehead atoms. The first-order valence-corrected chi connectivity index (χ1v) is 9.05. The summed E-state index contributed by atoms with van der Waals surface area (Å²) in [6, 6.07) is 11.7. The van der Waals surface area contributed by atoms with Crippen LogP contribution in [-0.2, 0) is 11.5 Å². The Morgan fingerprint density at radius 2 is 1.96 bits per heavy atom. The largest absolute Gasteiger partial charge is 0.494 e. The highest BCUT2D eigenvalue weighted by atomic mass is 32.2. The second-order valence-corrected chi connectivity index (χ2v) is 6.63. The van der Waals surface area contributed by atoms with Gasteiger partial charge in [-0.15, -0.1) is 11.8 Å². The van der Waals surface area contributed by atoms with E-state index in [-0.39, 0.29) is 0 Å². The van der Waals surface area contributed by atoms with Gasteiger partial charge in [0.15, 0.2) is 5.75 Å². The zero-order valence-corrected chi connectivity index (χ0v) is 14.3. The smallest absolute Gasteiger partial charge is 0.154 e. The molecule has 0 atom stereocenters. The van der Waals surface area contributed by atoms with Crippen LogP contribution in [0.5, 0.6) is 5.75 Å². The zero-order valence-electron chi connectivity index (χ0n) is 12.6. The van der Waals surface area contributed by atoms with E-state index in [9.17, 15) is 0 Å². The van der Waals surface area contributed by atoms with Crippen molar-refractivity contribution in [3.05, 3.63) is 66.5 Å². The molecule has 0 radical (unpaired) electrons. The molecule has 3 aromatic rings. The van der Waals surface area contributed by atoms with Gasteiger partial charge >= 0.3 is 0 Å². The van der Waals surface area contributed by atoms with Crippen LogP contribution in [0, 0.1) is 0 Å². The number of nitrogens with zero attached hydrogens (tertiary/aromatic N) is 2. The number of aromatic nitrogens is 2. The lowest BCUT2D eigenvalue weighted by Gasteiger charge is -2.11. The minimum absolute atomic E-state index is 0.718. The van der Waals surface area contributed by atoms with Crippen molar-refractivity contribution >= 4 is 23.5 Å².